The van der Waals surface area contributed by atoms with Crippen LogP contribution in [0.3, 0.4) is 0 Å². The third kappa shape index (κ3) is 6.14. The van der Waals surface area contributed by atoms with Crippen LogP contribution >= 0.6 is 0 Å². The Balaban J connectivity index is 2.74. The van der Waals surface area contributed by atoms with Gasteiger partial charge in [-0.15, -0.1) is 0 Å². The number of halogens is 1. The number of hydrogen-bond acceptors (Lipinski definition) is 4. The molecule has 1 aromatic rings. The monoisotopic (exact) mass is 325 g/mol. The lowest BCUT2D eigenvalue weighted by atomic mass is 10.2. The number of nitrogens with one attached hydrogen (secondary N) is 3. The Morgan fingerprint density at radius 3 is 2.52 bits per heavy atom. The van der Waals surface area contributed by atoms with Crippen molar-refractivity contribution in [1.82, 2.24) is 5.32 Å². The van der Waals surface area contributed by atoms with Gasteiger partial charge in [-0.25, -0.2) is 9.18 Å². The number of carbonyl (C=O) groups excluding carboxylic acids is 2. The van der Waals surface area contributed by atoms with Crippen LogP contribution in [0.5, 0.6) is 0 Å². The average Bonchev–Trinajstić information content (AvgIpc) is 2.40. The summed E-state index contributed by atoms with van der Waals surface area (Å²) in [5.41, 5.74) is -0.133. The average molecular weight is 325 g/mol. The second-order valence-corrected chi connectivity index (χ2v) is 6.05. The lowest BCUT2D eigenvalue weighted by Crippen LogP contribution is -2.44. The maximum Gasteiger partial charge on any atom is 0.408 e. The lowest BCUT2D eigenvalue weighted by Gasteiger charge is -2.22. The number of ether oxygens (including phenoxy) is 1. The summed E-state index contributed by atoms with van der Waals surface area (Å²) in [5.74, 6) is -1.10. The highest BCUT2D eigenvalue weighted by Gasteiger charge is 2.22. The molecule has 0 aliphatic heterocycles. The first-order valence-corrected chi connectivity index (χ1v) is 7.46. The standard InChI is InChI=1S/C16H24FN3O3/c1-6-18-12-9-7-8-11(17)13(12)20-14(21)10(2)19-15(22)23-16(3,4)5/h7-10,18H,6H2,1-5H3,(H,19,22)(H,20,21)/t10-/m1/s1. The van der Waals surface area contributed by atoms with Gasteiger partial charge in [0.15, 0.2) is 0 Å². The molecule has 0 heterocycles. The number of benzene rings is 1. The highest BCUT2D eigenvalue weighted by molar-refractivity contribution is 5.98. The summed E-state index contributed by atoms with van der Waals surface area (Å²) in [6, 6.07) is 3.58. The Bertz CT molecular complexity index is 570. The molecule has 0 saturated heterocycles. The van der Waals surface area contributed by atoms with E-state index < -0.39 is 29.5 Å². The van der Waals surface area contributed by atoms with E-state index in [-0.39, 0.29) is 5.69 Å². The lowest BCUT2D eigenvalue weighted by molar-refractivity contribution is -0.117. The summed E-state index contributed by atoms with van der Waals surface area (Å²) in [5, 5.41) is 7.86. The van der Waals surface area contributed by atoms with Crippen LogP contribution in [0.15, 0.2) is 18.2 Å². The predicted octanol–water partition coefficient (Wildman–Crippen LogP) is 3.11. The maximum atomic E-state index is 13.9. The summed E-state index contributed by atoms with van der Waals surface area (Å²) in [6.07, 6.45) is -0.708. The van der Waals surface area contributed by atoms with Crippen LogP contribution in [0.1, 0.15) is 34.6 Å². The van der Waals surface area contributed by atoms with E-state index in [1.54, 1.807) is 32.9 Å². The van der Waals surface area contributed by atoms with E-state index in [0.29, 0.717) is 12.2 Å². The minimum atomic E-state index is -0.876. The molecule has 0 aliphatic carbocycles. The molecular formula is C16H24FN3O3. The molecular weight excluding hydrogens is 301 g/mol. The Labute approximate surface area is 135 Å². The topological polar surface area (TPSA) is 79.5 Å². The van der Waals surface area contributed by atoms with E-state index in [2.05, 4.69) is 16.0 Å². The molecule has 6 nitrogen and oxygen atoms in total. The van der Waals surface area contributed by atoms with Crippen LogP contribution in [0.25, 0.3) is 0 Å². The number of hydrogen-bond donors (Lipinski definition) is 3. The number of carbonyl (C=O) groups is 2. The molecule has 1 rings (SSSR count). The fraction of sp³-hybridized carbons (Fsp3) is 0.500. The molecule has 3 N–H and O–H groups in total. The van der Waals surface area contributed by atoms with E-state index in [4.69, 9.17) is 4.74 Å². The number of rotatable bonds is 5. The van der Waals surface area contributed by atoms with Crippen LogP contribution in [-0.4, -0.2) is 30.2 Å². The fourth-order valence-corrected chi connectivity index (χ4v) is 1.77. The van der Waals surface area contributed by atoms with Crippen molar-refractivity contribution in [2.24, 2.45) is 0 Å². The van der Waals surface area contributed by atoms with Crippen LogP contribution in [0, 0.1) is 5.82 Å². The van der Waals surface area contributed by atoms with Gasteiger partial charge in [0.25, 0.3) is 0 Å². The molecule has 0 aromatic heterocycles. The zero-order chi connectivity index (χ0) is 17.6. The molecule has 23 heavy (non-hydrogen) atoms. The van der Waals surface area contributed by atoms with Crippen molar-refractivity contribution in [2.45, 2.75) is 46.3 Å². The molecule has 2 amide bonds. The quantitative estimate of drug-likeness (QED) is 0.777. The maximum absolute atomic E-state index is 13.9. The second-order valence-electron chi connectivity index (χ2n) is 6.05. The van der Waals surface area contributed by atoms with Crippen molar-refractivity contribution in [2.75, 3.05) is 17.2 Å². The van der Waals surface area contributed by atoms with Crippen LogP contribution in [0.2, 0.25) is 0 Å². The van der Waals surface area contributed by atoms with Crippen molar-refractivity contribution in [3.63, 3.8) is 0 Å². The van der Waals surface area contributed by atoms with Crippen LogP contribution in [-0.2, 0) is 9.53 Å². The van der Waals surface area contributed by atoms with Gasteiger partial charge >= 0.3 is 6.09 Å². The zero-order valence-electron chi connectivity index (χ0n) is 14.1. The third-order valence-electron chi connectivity index (χ3n) is 2.76. The summed E-state index contributed by atoms with van der Waals surface area (Å²) < 4.78 is 19.0. The van der Waals surface area contributed by atoms with E-state index in [0.717, 1.165) is 0 Å². The molecule has 0 fully saturated rings. The Kier molecular flexibility index (Phi) is 6.36. The van der Waals surface area contributed by atoms with E-state index in [9.17, 15) is 14.0 Å². The minimum Gasteiger partial charge on any atom is -0.444 e. The van der Waals surface area contributed by atoms with Gasteiger partial charge in [0.05, 0.1) is 5.69 Å². The predicted molar refractivity (Wildman–Crippen MR) is 88.0 cm³/mol. The second kappa shape index (κ2) is 7.80. The first-order valence-electron chi connectivity index (χ1n) is 7.46. The number of anilines is 2. The van der Waals surface area contributed by atoms with E-state index >= 15 is 0 Å². The highest BCUT2D eigenvalue weighted by atomic mass is 19.1. The first kappa shape index (κ1) is 18.7. The van der Waals surface area contributed by atoms with Gasteiger partial charge in [-0.05, 0) is 46.8 Å². The molecule has 1 aromatic carbocycles. The normalized spacial score (nSPS) is 12.3. The smallest absolute Gasteiger partial charge is 0.408 e. The van der Waals surface area contributed by atoms with E-state index in [1.165, 1.54) is 13.0 Å². The van der Waals surface area contributed by atoms with Gasteiger partial charge < -0.3 is 20.7 Å². The number of alkyl carbamates (subject to hydrolysis) is 1. The van der Waals surface area contributed by atoms with Gasteiger partial charge in [0.1, 0.15) is 23.1 Å². The molecule has 0 bridgehead atoms. The minimum absolute atomic E-state index is 0.0530. The van der Waals surface area contributed by atoms with Crippen molar-refractivity contribution in [3.8, 4) is 0 Å². The summed E-state index contributed by atoms with van der Waals surface area (Å²) in [4.78, 5) is 23.8. The van der Waals surface area contributed by atoms with Gasteiger partial charge in [-0.2, -0.15) is 0 Å². The highest BCUT2D eigenvalue weighted by Crippen LogP contribution is 2.25. The SMILES string of the molecule is CCNc1cccc(F)c1NC(=O)[C@@H](C)NC(=O)OC(C)(C)C. The van der Waals surface area contributed by atoms with E-state index in [1.807, 2.05) is 6.92 Å². The Morgan fingerprint density at radius 1 is 1.30 bits per heavy atom. The van der Waals surface area contributed by atoms with Crippen molar-refractivity contribution in [3.05, 3.63) is 24.0 Å². The zero-order valence-corrected chi connectivity index (χ0v) is 14.1. The van der Waals surface area contributed by atoms with Crippen LogP contribution < -0.4 is 16.0 Å². The third-order valence-corrected chi connectivity index (χ3v) is 2.76. The van der Waals surface area contributed by atoms with Crippen molar-refractivity contribution < 1.29 is 18.7 Å². The van der Waals surface area contributed by atoms with Gasteiger partial charge in [0.2, 0.25) is 5.91 Å². The van der Waals surface area contributed by atoms with Crippen LogP contribution in [0.4, 0.5) is 20.6 Å². The van der Waals surface area contributed by atoms with Gasteiger partial charge in [-0.3, -0.25) is 4.79 Å². The Morgan fingerprint density at radius 2 is 1.96 bits per heavy atom. The molecule has 1 atom stereocenters. The summed E-state index contributed by atoms with van der Waals surface area (Å²) >= 11 is 0. The molecule has 128 valence electrons. The fourth-order valence-electron chi connectivity index (χ4n) is 1.77. The van der Waals surface area contributed by atoms with Crippen molar-refractivity contribution in [1.29, 1.82) is 0 Å². The number of para-hydroxylation sites is 1. The molecule has 0 spiro atoms. The molecule has 0 aliphatic rings. The number of amides is 2. The van der Waals surface area contributed by atoms with Gasteiger partial charge in [-0.1, -0.05) is 6.07 Å². The molecule has 7 heteroatoms. The first-order chi connectivity index (χ1) is 10.6. The summed E-state index contributed by atoms with van der Waals surface area (Å²) in [6.45, 7) is 9.10. The largest absolute Gasteiger partial charge is 0.444 e. The summed E-state index contributed by atoms with van der Waals surface area (Å²) in [7, 11) is 0. The molecule has 0 saturated carbocycles. The van der Waals surface area contributed by atoms with Crippen molar-refractivity contribution >= 4 is 23.4 Å². The van der Waals surface area contributed by atoms with Gasteiger partial charge in [0, 0.05) is 6.54 Å². The Hall–Kier alpha value is -2.31. The molecule has 0 unspecified atom stereocenters. The molecule has 0 radical (unpaired) electrons.